The van der Waals surface area contributed by atoms with Crippen molar-refractivity contribution < 1.29 is 4.79 Å². The monoisotopic (exact) mass is 224 g/mol. The van der Waals surface area contributed by atoms with E-state index >= 15 is 0 Å². The van der Waals surface area contributed by atoms with Gasteiger partial charge in [-0.1, -0.05) is 38.4 Å². The first kappa shape index (κ1) is 12.3. The molecule has 1 atom stereocenters. The van der Waals surface area contributed by atoms with Crippen molar-refractivity contribution in [1.82, 2.24) is 0 Å². The molecule has 1 aromatic carbocycles. The van der Waals surface area contributed by atoms with Crippen LogP contribution in [0.1, 0.15) is 50.2 Å². The van der Waals surface area contributed by atoms with Gasteiger partial charge in [-0.25, -0.2) is 0 Å². The van der Waals surface area contributed by atoms with Crippen LogP contribution in [0.3, 0.4) is 0 Å². The lowest BCUT2D eigenvalue weighted by Crippen LogP contribution is -2.01. The van der Waals surface area contributed by atoms with Crippen molar-refractivity contribution in [3.8, 4) is 0 Å². The summed E-state index contributed by atoms with van der Waals surface area (Å²) in [5.41, 5.74) is 2.48. The van der Waals surface area contributed by atoms with E-state index in [-0.39, 0.29) is 5.92 Å². The predicted octanol–water partition coefficient (Wildman–Crippen LogP) is 4.16. The molecule has 2 heteroatoms. The van der Waals surface area contributed by atoms with Crippen LogP contribution >= 0.6 is 11.6 Å². The van der Waals surface area contributed by atoms with Gasteiger partial charge in [0.2, 0.25) is 0 Å². The quantitative estimate of drug-likeness (QED) is 0.702. The van der Waals surface area contributed by atoms with Crippen molar-refractivity contribution in [2.75, 3.05) is 0 Å². The summed E-state index contributed by atoms with van der Waals surface area (Å²) in [7, 11) is 0. The van der Waals surface area contributed by atoms with Gasteiger partial charge in [0, 0.05) is 11.4 Å². The van der Waals surface area contributed by atoms with Crippen LogP contribution in [-0.4, -0.2) is 6.29 Å². The Balaban J connectivity index is 3.11. The highest BCUT2D eigenvalue weighted by molar-refractivity contribution is 6.30. The largest absolute Gasteiger partial charge is 0.303 e. The molecule has 1 unspecified atom stereocenters. The second-order valence-corrected chi connectivity index (χ2v) is 4.67. The number of aldehydes is 1. The van der Waals surface area contributed by atoms with E-state index < -0.39 is 0 Å². The van der Waals surface area contributed by atoms with Crippen LogP contribution < -0.4 is 0 Å². The van der Waals surface area contributed by atoms with Gasteiger partial charge < -0.3 is 4.79 Å². The van der Waals surface area contributed by atoms with E-state index in [9.17, 15) is 4.79 Å². The maximum absolute atomic E-state index is 10.5. The summed E-state index contributed by atoms with van der Waals surface area (Å²) in [4.78, 5) is 10.5. The molecule has 0 aliphatic heterocycles. The van der Waals surface area contributed by atoms with Crippen LogP contribution in [0.4, 0.5) is 0 Å². The van der Waals surface area contributed by atoms with E-state index in [0.29, 0.717) is 12.3 Å². The van der Waals surface area contributed by atoms with Gasteiger partial charge >= 0.3 is 0 Å². The van der Waals surface area contributed by atoms with E-state index in [1.165, 1.54) is 11.1 Å². The second-order valence-electron chi connectivity index (χ2n) is 4.23. The van der Waals surface area contributed by atoms with Gasteiger partial charge in [0.15, 0.2) is 0 Å². The second kappa shape index (κ2) is 5.32. The first-order chi connectivity index (χ1) is 7.06. The molecule has 82 valence electrons. The molecule has 0 saturated heterocycles. The fraction of sp³-hybridized carbons (Fsp3) is 0.462. The fourth-order valence-electron chi connectivity index (χ4n) is 1.77. The molecule has 0 fully saturated rings. The molecule has 0 aromatic heterocycles. The smallest absolute Gasteiger partial charge is 0.120 e. The number of hydrogen-bond acceptors (Lipinski definition) is 1. The van der Waals surface area contributed by atoms with Crippen molar-refractivity contribution in [3.05, 3.63) is 34.3 Å². The fourth-order valence-corrected chi connectivity index (χ4v) is 1.95. The van der Waals surface area contributed by atoms with E-state index in [1.54, 1.807) is 0 Å². The number of carbonyl (C=O) groups is 1. The van der Waals surface area contributed by atoms with Crippen molar-refractivity contribution in [2.45, 2.75) is 39.0 Å². The van der Waals surface area contributed by atoms with E-state index in [2.05, 4.69) is 26.8 Å². The van der Waals surface area contributed by atoms with Gasteiger partial charge in [0.1, 0.15) is 6.29 Å². The Labute approximate surface area is 96.5 Å². The topological polar surface area (TPSA) is 17.1 Å². The Kier molecular flexibility index (Phi) is 4.34. The Morgan fingerprint density at radius 1 is 1.27 bits per heavy atom. The minimum absolute atomic E-state index is 0.249. The lowest BCUT2D eigenvalue weighted by Gasteiger charge is -2.17. The summed E-state index contributed by atoms with van der Waals surface area (Å²) in [5.74, 6) is 0.713. The zero-order valence-electron chi connectivity index (χ0n) is 9.46. The molecule has 0 amide bonds. The third kappa shape index (κ3) is 3.07. The molecule has 0 N–H and O–H groups in total. The number of carbonyl (C=O) groups excluding carboxylic acids is 1. The van der Waals surface area contributed by atoms with Crippen LogP contribution in [0.2, 0.25) is 5.02 Å². The normalized spacial score (nSPS) is 12.9. The van der Waals surface area contributed by atoms with Crippen LogP contribution in [0, 0.1) is 0 Å². The standard InChI is InChI=1S/C13H17ClO/c1-9(2)12-5-4-11(14)8-13(12)10(3)6-7-15/h4-5,7-10H,6H2,1-3H3. The van der Waals surface area contributed by atoms with Gasteiger partial charge in [-0.15, -0.1) is 0 Å². The average molecular weight is 225 g/mol. The maximum atomic E-state index is 10.5. The molecule has 0 heterocycles. The molecule has 0 bridgehead atoms. The third-order valence-electron chi connectivity index (χ3n) is 2.65. The minimum atomic E-state index is 0.249. The molecular formula is C13H17ClO. The van der Waals surface area contributed by atoms with Crippen LogP contribution in [0.5, 0.6) is 0 Å². The lowest BCUT2D eigenvalue weighted by molar-refractivity contribution is -0.108. The number of rotatable bonds is 4. The Morgan fingerprint density at radius 3 is 2.47 bits per heavy atom. The zero-order chi connectivity index (χ0) is 11.4. The molecule has 1 nitrogen and oxygen atoms in total. The Morgan fingerprint density at radius 2 is 1.93 bits per heavy atom. The lowest BCUT2D eigenvalue weighted by atomic mass is 9.88. The summed E-state index contributed by atoms with van der Waals surface area (Å²) in [6.07, 6.45) is 1.52. The van der Waals surface area contributed by atoms with Crippen molar-refractivity contribution in [3.63, 3.8) is 0 Å². The molecule has 15 heavy (non-hydrogen) atoms. The molecule has 0 saturated carbocycles. The first-order valence-corrected chi connectivity index (χ1v) is 5.67. The molecule has 1 rings (SSSR count). The number of halogens is 1. The van der Waals surface area contributed by atoms with Gasteiger partial charge in [-0.05, 0) is 35.1 Å². The van der Waals surface area contributed by atoms with E-state index in [1.807, 2.05) is 12.1 Å². The van der Waals surface area contributed by atoms with Gasteiger partial charge in [-0.2, -0.15) is 0 Å². The van der Waals surface area contributed by atoms with Crippen LogP contribution in [0.25, 0.3) is 0 Å². The van der Waals surface area contributed by atoms with Gasteiger partial charge in [0.25, 0.3) is 0 Å². The molecular weight excluding hydrogens is 208 g/mol. The summed E-state index contributed by atoms with van der Waals surface area (Å²) < 4.78 is 0. The van der Waals surface area contributed by atoms with Crippen molar-refractivity contribution >= 4 is 17.9 Å². The molecule has 0 spiro atoms. The summed E-state index contributed by atoms with van der Waals surface area (Å²) in [6.45, 7) is 6.37. The third-order valence-corrected chi connectivity index (χ3v) is 2.89. The maximum Gasteiger partial charge on any atom is 0.120 e. The first-order valence-electron chi connectivity index (χ1n) is 5.29. The highest BCUT2D eigenvalue weighted by atomic mass is 35.5. The SMILES string of the molecule is CC(C)c1ccc(Cl)cc1C(C)CC=O. The summed E-state index contributed by atoms with van der Waals surface area (Å²) in [5, 5.41) is 0.743. The average Bonchev–Trinajstić information content (AvgIpc) is 2.17. The minimum Gasteiger partial charge on any atom is -0.303 e. The summed E-state index contributed by atoms with van der Waals surface area (Å²) in [6, 6.07) is 5.95. The van der Waals surface area contributed by atoms with Gasteiger partial charge in [0.05, 0.1) is 0 Å². The molecule has 0 radical (unpaired) electrons. The zero-order valence-corrected chi connectivity index (χ0v) is 10.2. The molecule has 0 aliphatic carbocycles. The van der Waals surface area contributed by atoms with Crippen molar-refractivity contribution in [1.29, 1.82) is 0 Å². The van der Waals surface area contributed by atoms with Crippen LogP contribution in [0.15, 0.2) is 18.2 Å². The van der Waals surface area contributed by atoms with Crippen molar-refractivity contribution in [2.24, 2.45) is 0 Å². The highest BCUT2D eigenvalue weighted by Gasteiger charge is 2.13. The molecule has 0 aliphatic rings. The summed E-state index contributed by atoms with van der Waals surface area (Å²) >= 11 is 5.98. The predicted molar refractivity (Wildman–Crippen MR) is 64.6 cm³/mol. The van der Waals surface area contributed by atoms with E-state index in [0.717, 1.165) is 11.3 Å². The molecule has 1 aromatic rings. The van der Waals surface area contributed by atoms with E-state index in [4.69, 9.17) is 11.6 Å². The number of benzene rings is 1. The van der Waals surface area contributed by atoms with Gasteiger partial charge in [-0.3, -0.25) is 0 Å². The van der Waals surface area contributed by atoms with Crippen LogP contribution in [-0.2, 0) is 4.79 Å². The highest BCUT2D eigenvalue weighted by Crippen LogP contribution is 2.30. The number of hydrogen-bond donors (Lipinski definition) is 0. The Bertz CT molecular complexity index is 344. The Hall–Kier alpha value is -0.820.